The fraction of sp³-hybridized carbons (Fsp3) is 0. The number of rotatable bonds is 6. The molecule has 0 radical (unpaired) electrons. The molecule has 2 heterocycles. The van der Waals surface area contributed by atoms with Crippen LogP contribution in [0.2, 0.25) is 0 Å². The number of carbonyl (C=O) groups is 6. The van der Waals surface area contributed by atoms with E-state index in [1.165, 1.54) is 97.1 Å². The standard InChI is InChI=1S/C28H16N2O8/c31-23-13-14-24(32)29(23)19-5-1-17(2-6-19)27(35)37-21-9-11-22(12-10-21)38-28(36)18-3-7-20(8-4-18)30-25(33)15-16-26(30)34/h1-16H. The van der Waals surface area contributed by atoms with E-state index in [2.05, 4.69) is 0 Å². The topological polar surface area (TPSA) is 127 Å². The maximum atomic E-state index is 12.5. The van der Waals surface area contributed by atoms with Crippen molar-refractivity contribution in [2.75, 3.05) is 9.80 Å². The zero-order chi connectivity index (χ0) is 26.8. The van der Waals surface area contributed by atoms with Crippen molar-refractivity contribution in [2.24, 2.45) is 0 Å². The molecule has 0 N–H and O–H groups in total. The third kappa shape index (κ3) is 4.73. The highest BCUT2D eigenvalue weighted by Crippen LogP contribution is 2.24. The van der Waals surface area contributed by atoms with Crippen LogP contribution < -0.4 is 19.3 Å². The summed E-state index contributed by atoms with van der Waals surface area (Å²) in [5, 5.41) is 0. The van der Waals surface area contributed by atoms with Crippen LogP contribution in [0, 0.1) is 0 Å². The maximum absolute atomic E-state index is 12.5. The Hall–Kier alpha value is -5.64. The van der Waals surface area contributed by atoms with E-state index in [0.29, 0.717) is 11.4 Å². The van der Waals surface area contributed by atoms with Gasteiger partial charge in [-0.15, -0.1) is 0 Å². The number of anilines is 2. The number of hydrogen-bond acceptors (Lipinski definition) is 8. The van der Waals surface area contributed by atoms with Gasteiger partial charge in [-0.25, -0.2) is 19.4 Å². The average molecular weight is 508 g/mol. The predicted octanol–water partition coefficient (Wildman–Crippen LogP) is 2.98. The molecule has 5 rings (SSSR count). The molecule has 38 heavy (non-hydrogen) atoms. The molecule has 0 fully saturated rings. The summed E-state index contributed by atoms with van der Waals surface area (Å²) >= 11 is 0. The monoisotopic (exact) mass is 508 g/mol. The van der Waals surface area contributed by atoms with Gasteiger partial charge in [0.15, 0.2) is 0 Å². The Balaban J connectivity index is 1.18. The molecular weight excluding hydrogens is 492 g/mol. The molecule has 0 saturated carbocycles. The van der Waals surface area contributed by atoms with Crippen LogP contribution in [0.25, 0.3) is 0 Å². The Morgan fingerprint density at radius 2 is 0.737 bits per heavy atom. The summed E-state index contributed by atoms with van der Waals surface area (Å²) in [6.45, 7) is 0. The number of hydrogen-bond donors (Lipinski definition) is 0. The highest BCUT2D eigenvalue weighted by Gasteiger charge is 2.26. The quantitative estimate of drug-likeness (QED) is 0.283. The molecule has 0 aromatic heterocycles. The van der Waals surface area contributed by atoms with Gasteiger partial charge in [0.2, 0.25) is 0 Å². The molecule has 2 aliphatic rings. The normalized spacial score (nSPS) is 14.4. The van der Waals surface area contributed by atoms with E-state index in [1.807, 2.05) is 0 Å². The molecule has 0 unspecified atom stereocenters. The Kier molecular flexibility index (Phi) is 6.20. The van der Waals surface area contributed by atoms with Gasteiger partial charge in [0.1, 0.15) is 11.5 Å². The lowest BCUT2D eigenvalue weighted by atomic mass is 10.2. The zero-order valence-electron chi connectivity index (χ0n) is 19.4. The number of amides is 4. The van der Waals surface area contributed by atoms with E-state index < -0.39 is 35.6 Å². The van der Waals surface area contributed by atoms with E-state index >= 15 is 0 Å². The van der Waals surface area contributed by atoms with Gasteiger partial charge in [-0.3, -0.25) is 19.2 Å². The lowest BCUT2D eigenvalue weighted by Crippen LogP contribution is -2.29. The molecule has 0 atom stereocenters. The van der Waals surface area contributed by atoms with Gasteiger partial charge in [-0.1, -0.05) is 0 Å². The van der Waals surface area contributed by atoms with E-state index in [9.17, 15) is 28.8 Å². The molecule has 0 bridgehead atoms. The fourth-order valence-electron chi connectivity index (χ4n) is 3.71. The number of esters is 2. The van der Waals surface area contributed by atoms with Gasteiger partial charge < -0.3 is 9.47 Å². The highest BCUT2D eigenvalue weighted by molar-refractivity contribution is 6.28. The van der Waals surface area contributed by atoms with E-state index in [4.69, 9.17) is 9.47 Å². The summed E-state index contributed by atoms with van der Waals surface area (Å²) in [4.78, 5) is 74.0. The Morgan fingerprint density at radius 1 is 0.447 bits per heavy atom. The number of benzene rings is 3. The van der Waals surface area contributed by atoms with Gasteiger partial charge in [-0.2, -0.15) is 0 Å². The second-order valence-electron chi connectivity index (χ2n) is 8.03. The van der Waals surface area contributed by atoms with Crippen molar-refractivity contribution in [1.82, 2.24) is 0 Å². The number of ether oxygens (including phenoxy) is 2. The van der Waals surface area contributed by atoms with Gasteiger partial charge >= 0.3 is 11.9 Å². The summed E-state index contributed by atoms with van der Waals surface area (Å²) in [5.41, 5.74) is 1.07. The van der Waals surface area contributed by atoms with Gasteiger partial charge in [0.05, 0.1) is 22.5 Å². The van der Waals surface area contributed by atoms with Crippen molar-refractivity contribution in [2.45, 2.75) is 0 Å². The van der Waals surface area contributed by atoms with Crippen LogP contribution >= 0.6 is 0 Å². The van der Waals surface area contributed by atoms with Crippen molar-refractivity contribution in [3.63, 3.8) is 0 Å². The molecule has 2 aliphatic heterocycles. The van der Waals surface area contributed by atoms with Gasteiger partial charge in [0.25, 0.3) is 23.6 Å². The molecule has 3 aromatic carbocycles. The summed E-state index contributed by atoms with van der Waals surface area (Å²) in [7, 11) is 0. The van der Waals surface area contributed by atoms with Crippen molar-refractivity contribution < 1.29 is 38.2 Å². The van der Waals surface area contributed by atoms with E-state index in [1.54, 1.807) is 0 Å². The molecule has 0 saturated heterocycles. The minimum absolute atomic E-state index is 0.200. The molecule has 0 spiro atoms. The van der Waals surface area contributed by atoms with Crippen LogP contribution in [-0.4, -0.2) is 35.6 Å². The van der Waals surface area contributed by atoms with Crippen molar-refractivity contribution >= 4 is 46.9 Å². The first-order valence-electron chi connectivity index (χ1n) is 11.2. The number of nitrogens with zero attached hydrogens (tertiary/aromatic N) is 2. The predicted molar refractivity (Wildman–Crippen MR) is 133 cm³/mol. The maximum Gasteiger partial charge on any atom is 0.343 e. The minimum atomic E-state index is -0.663. The third-order valence-electron chi connectivity index (χ3n) is 5.59. The molecule has 4 amide bonds. The fourth-order valence-corrected chi connectivity index (χ4v) is 3.71. The lowest BCUT2D eigenvalue weighted by Gasteiger charge is -2.14. The van der Waals surface area contributed by atoms with Crippen LogP contribution in [0.1, 0.15) is 20.7 Å². The summed E-state index contributed by atoms with van der Waals surface area (Å²) in [5.74, 6) is -2.78. The third-order valence-corrected chi connectivity index (χ3v) is 5.59. The van der Waals surface area contributed by atoms with Crippen LogP contribution in [0.15, 0.2) is 97.1 Å². The van der Waals surface area contributed by atoms with E-state index in [0.717, 1.165) is 9.80 Å². The van der Waals surface area contributed by atoms with Crippen LogP contribution in [0.3, 0.4) is 0 Å². The molecule has 10 nitrogen and oxygen atoms in total. The van der Waals surface area contributed by atoms with Gasteiger partial charge in [-0.05, 0) is 72.8 Å². The highest BCUT2D eigenvalue weighted by atomic mass is 16.5. The second-order valence-corrected chi connectivity index (χ2v) is 8.03. The SMILES string of the molecule is O=C(Oc1ccc(OC(=O)c2ccc(N3C(=O)C=CC3=O)cc2)cc1)c1ccc(N2C(=O)C=CC2=O)cc1. The minimum Gasteiger partial charge on any atom is -0.423 e. The van der Waals surface area contributed by atoms with Crippen LogP contribution in [0.4, 0.5) is 11.4 Å². The molecule has 0 aliphatic carbocycles. The Bertz CT molecular complexity index is 1400. The van der Waals surface area contributed by atoms with Crippen LogP contribution in [0.5, 0.6) is 11.5 Å². The summed E-state index contributed by atoms with van der Waals surface area (Å²) < 4.78 is 10.7. The lowest BCUT2D eigenvalue weighted by molar-refractivity contribution is -0.121. The average Bonchev–Trinajstić information content (AvgIpc) is 3.44. The first-order chi connectivity index (χ1) is 18.3. The van der Waals surface area contributed by atoms with Crippen molar-refractivity contribution in [1.29, 1.82) is 0 Å². The molecule has 186 valence electrons. The smallest absolute Gasteiger partial charge is 0.343 e. The van der Waals surface area contributed by atoms with Gasteiger partial charge in [0, 0.05) is 24.3 Å². The number of carbonyl (C=O) groups excluding carboxylic acids is 6. The molecule has 3 aromatic rings. The number of imide groups is 2. The van der Waals surface area contributed by atoms with Crippen LogP contribution in [-0.2, 0) is 19.2 Å². The second kappa shape index (κ2) is 9.78. The first-order valence-corrected chi connectivity index (χ1v) is 11.2. The Labute approximate surface area is 215 Å². The van der Waals surface area contributed by atoms with Crippen molar-refractivity contribution in [3.05, 3.63) is 108 Å². The van der Waals surface area contributed by atoms with Crippen molar-refractivity contribution in [3.8, 4) is 11.5 Å². The summed E-state index contributed by atoms with van der Waals surface area (Å²) in [6, 6.07) is 17.4. The zero-order valence-corrected chi connectivity index (χ0v) is 19.4. The molecular formula is C28H16N2O8. The summed E-state index contributed by atoms with van der Waals surface area (Å²) in [6.07, 6.45) is 4.67. The molecule has 10 heteroatoms. The first kappa shape index (κ1) is 24.1. The largest absolute Gasteiger partial charge is 0.423 e. The Morgan fingerprint density at radius 3 is 1.03 bits per heavy atom. The van der Waals surface area contributed by atoms with E-state index in [-0.39, 0.29) is 22.6 Å².